The predicted octanol–water partition coefficient (Wildman–Crippen LogP) is 2.14. The Labute approximate surface area is 89.9 Å². The van der Waals surface area contributed by atoms with Crippen LogP contribution in [0.2, 0.25) is 0 Å². The van der Waals surface area contributed by atoms with Crippen LogP contribution in [0.15, 0.2) is 11.6 Å². The van der Waals surface area contributed by atoms with Gasteiger partial charge in [-0.2, -0.15) is 0 Å². The van der Waals surface area contributed by atoms with Gasteiger partial charge >= 0.3 is 11.9 Å². The lowest BCUT2D eigenvalue weighted by atomic mass is 10.1. The molecule has 0 aromatic rings. The van der Waals surface area contributed by atoms with Gasteiger partial charge in [-0.05, 0) is 19.8 Å². The first-order valence-corrected chi connectivity index (χ1v) is 5.19. The van der Waals surface area contributed by atoms with E-state index in [1.807, 2.05) is 6.92 Å². The van der Waals surface area contributed by atoms with Crippen molar-refractivity contribution in [2.75, 3.05) is 6.61 Å². The van der Waals surface area contributed by atoms with Crippen molar-refractivity contribution in [3.63, 3.8) is 0 Å². The van der Waals surface area contributed by atoms with E-state index in [1.165, 1.54) is 6.08 Å². The van der Waals surface area contributed by atoms with E-state index in [-0.39, 0.29) is 12.4 Å². The Morgan fingerprint density at radius 1 is 1.33 bits per heavy atom. The monoisotopic (exact) mass is 214 g/mol. The van der Waals surface area contributed by atoms with Crippen LogP contribution in [0.1, 0.15) is 39.5 Å². The van der Waals surface area contributed by atoms with Crippen molar-refractivity contribution in [2.45, 2.75) is 39.5 Å². The maximum absolute atomic E-state index is 11.0. The van der Waals surface area contributed by atoms with E-state index in [9.17, 15) is 9.59 Å². The minimum atomic E-state index is -0.951. The summed E-state index contributed by atoms with van der Waals surface area (Å²) in [4.78, 5) is 21.7. The van der Waals surface area contributed by atoms with E-state index >= 15 is 0 Å². The molecule has 0 fully saturated rings. The molecule has 0 radical (unpaired) electrons. The summed E-state index contributed by atoms with van der Waals surface area (Å²) in [5.74, 6) is -1.33. The number of rotatable bonds is 7. The van der Waals surface area contributed by atoms with Crippen molar-refractivity contribution in [3.05, 3.63) is 11.6 Å². The molecule has 0 rings (SSSR count). The highest BCUT2D eigenvalue weighted by Gasteiger charge is 2.07. The minimum Gasteiger partial charge on any atom is -0.478 e. The molecule has 0 spiro atoms. The molecule has 86 valence electrons. The quantitative estimate of drug-likeness (QED) is 0.521. The van der Waals surface area contributed by atoms with Gasteiger partial charge in [-0.1, -0.05) is 19.4 Å². The SMILES string of the molecule is CCCCC(=CCC(=O)OCC)C(=O)O. The van der Waals surface area contributed by atoms with Gasteiger partial charge in [-0.15, -0.1) is 0 Å². The van der Waals surface area contributed by atoms with Crippen molar-refractivity contribution in [1.29, 1.82) is 0 Å². The molecule has 0 aliphatic heterocycles. The van der Waals surface area contributed by atoms with Gasteiger partial charge in [0.1, 0.15) is 0 Å². The number of hydrogen-bond donors (Lipinski definition) is 1. The van der Waals surface area contributed by atoms with Crippen LogP contribution in [0.3, 0.4) is 0 Å². The molecule has 0 aliphatic rings. The van der Waals surface area contributed by atoms with E-state index in [1.54, 1.807) is 6.92 Å². The molecule has 0 saturated carbocycles. The molecular weight excluding hydrogens is 196 g/mol. The fourth-order valence-electron chi connectivity index (χ4n) is 1.09. The molecular formula is C11H18O4. The summed E-state index contributed by atoms with van der Waals surface area (Å²) < 4.78 is 4.70. The second-order valence-electron chi connectivity index (χ2n) is 3.15. The Kier molecular flexibility index (Phi) is 7.32. The molecule has 0 saturated heterocycles. The fraction of sp³-hybridized carbons (Fsp3) is 0.636. The predicted molar refractivity (Wildman–Crippen MR) is 56.5 cm³/mol. The summed E-state index contributed by atoms with van der Waals surface area (Å²) in [6.45, 7) is 4.03. The molecule has 15 heavy (non-hydrogen) atoms. The van der Waals surface area contributed by atoms with Crippen LogP contribution >= 0.6 is 0 Å². The van der Waals surface area contributed by atoms with E-state index in [0.29, 0.717) is 18.6 Å². The van der Waals surface area contributed by atoms with Gasteiger partial charge in [-0.3, -0.25) is 4.79 Å². The van der Waals surface area contributed by atoms with Crippen molar-refractivity contribution < 1.29 is 19.4 Å². The van der Waals surface area contributed by atoms with Gasteiger partial charge < -0.3 is 9.84 Å². The van der Waals surface area contributed by atoms with Gasteiger partial charge in [0.25, 0.3) is 0 Å². The molecule has 0 atom stereocenters. The first-order valence-electron chi connectivity index (χ1n) is 5.19. The van der Waals surface area contributed by atoms with E-state index in [4.69, 9.17) is 9.84 Å². The van der Waals surface area contributed by atoms with Gasteiger partial charge in [0.2, 0.25) is 0 Å². The van der Waals surface area contributed by atoms with Crippen LogP contribution < -0.4 is 0 Å². The lowest BCUT2D eigenvalue weighted by Crippen LogP contribution is -2.05. The Morgan fingerprint density at radius 3 is 2.47 bits per heavy atom. The molecule has 0 aliphatic carbocycles. The van der Waals surface area contributed by atoms with Crippen LogP contribution in [0, 0.1) is 0 Å². The highest BCUT2D eigenvalue weighted by atomic mass is 16.5. The molecule has 0 aromatic carbocycles. The third kappa shape index (κ3) is 6.71. The number of carboxylic acid groups (broad SMARTS) is 1. The number of unbranched alkanes of at least 4 members (excludes halogenated alkanes) is 1. The molecule has 4 nitrogen and oxygen atoms in total. The zero-order valence-corrected chi connectivity index (χ0v) is 9.28. The zero-order valence-electron chi connectivity index (χ0n) is 9.28. The standard InChI is InChI=1S/C11H18O4/c1-3-5-6-9(11(13)14)7-8-10(12)15-4-2/h7H,3-6,8H2,1-2H3,(H,13,14). The summed E-state index contributed by atoms with van der Waals surface area (Å²) in [7, 11) is 0. The fourth-order valence-corrected chi connectivity index (χ4v) is 1.09. The van der Waals surface area contributed by atoms with Gasteiger partial charge in [-0.25, -0.2) is 4.79 Å². The Morgan fingerprint density at radius 2 is 2.00 bits per heavy atom. The van der Waals surface area contributed by atoms with Crippen LogP contribution in [0.4, 0.5) is 0 Å². The van der Waals surface area contributed by atoms with Crippen molar-refractivity contribution >= 4 is 11.9 Å². The summed E-state index contributed by atoms with van der Waals surface area (Å²) in [6.07, 6.45) is 3.74. The summed E-state index contributed by atoms with van der Waals surface area (Å²) in [5.41, 5.74) is 0.296. The van der Waals surface area contributed by atoms with Crippen LogP contribution in [-0.4, -0.2) is 23.7 Å². The number of aliphatic carboxylic acids is 1. The largest absolute Gasteiger partial charge is 0.478 e. The molecule has 0 amide bonds. The molecule has 0 bridgehead atoms. The second-order valence-corrected chi connectivity index (χ2v) is 3.15. The first kappa shape index (κ1) is 13.7. The summed E-state index contributed by atoms with van der Waals surface area (Å²) in [6, 6.07) is 0. The number of ether oxygens (including phenoxy) is 1. The topological polar surface area (TPSA) is 63.6 Å². The van der Waals surface area contributed by atoms with Crippen LogP contribution in [0.25, 0.3) is 0 Å². The van der Waals surface area contributed by atoms with E-state index < -0.39 is 5.97 Å². The molecule has 0 aromatic heterocycles. The average Bonchev–Trinajstić information content (AvgIpc) is 2.17. The second kappa shape index (κ2) is 8.03. The molecule has 0 heterocycles. The Balaban J connectivity index is 4.16. The third-order valence-electron chi connectivity index (χ3n) is 1.89. The smallest absolute Gasteiger partial charge is 0.331 e. The third-order valence-corrected chi connectivity index (χ3v) is 1.89. The Bertz CT molecular complexity index is 243. The average molecular weight is 214 g/mol. The lowest BCUT2D eigenvalue weighted by Gasteiger charge is -2.01. The van der Waals surface area contributed by atoms with Crippen LogP contribution in [-0.2, 0) is 14.3 Å². The number of esters is 1. The first-order chi connectivity index (χ1) is 7.11. The van der Waals surface area contributed by atoms with E-state index in [0.717, 1.165) is 12.8 Å². The van der Waals surface area contributed by atoms with Gasteiger partial charge in [0, 0.05) is 5.57 Å². The van der Waals surface area contributed by atoms with Crippen molar-refractivity contribution in [2.24, 2.45) is 0 Å². The highest BCUT2D eigenvalue weighted by Crippen LogP contribution is 2.08. The summed E-state index contributed by atoms with van der Waals surface area (Å²) >= 11 is 0. The summed E-state index contributed by atoms with van der Waals surface area (Å²) in [5, 5.41) is 8.82. The maximum Gasteiger partial charge on any atom is 0.331 e. The molecule has 1 N–H and O–H groups in total. The lowest BCUT2D eigenvalue weighted by molar-refractivity contribution is -0.142. The Hall–Kier alpha value is -1.32. The van der Waals surface area contributed by atoms with Crippen molar-refractivity contribution in [3.8, 4) is 0 Å². The number of hydrogen-bond acceptors (Lipinski definition) is 3. The highest BCUT2D eigenvalue weighted by molar-refractivity contribution is 5.87. The normalized spacial score (nSPS) is 11.2. The molecule has 0 unspecified atom stereocenters. The zero-order chi connectivity index (χ0) is 11.7. The molecule has 4 heteroatoms. The number of carboxylic acids is 1. The van der Waals surface area contributed by atoms with Crippen LogP contribution in [0.5, 0.6) is 0 Å². The minimum absolute atomic E-state index is 0.0409. The maximum atomic E-state index is 11.0. The van der Waals surface area contributed by atoms with E-state index in [2.05, 4.69) is 0 Å². The van der Waals surface area contributed by atoms with Gasteiger partial charge in [0.05, 0.1) is 13.0 Å². The number of carbonyl (C=O) groups is 2. The van der Waals surface area contributed by atoms with Gasteiger partial charge in [0.15, 0.2) is 0 Å². The number of carbonyl (C=O) groups excluding carboxylic acids is 1. The van der Waals surface area contributed by atoms with Crippen molar-refractivity contribution in [1.82, 2.24) is 0 Å².